The predicted octanol–water partition coefficient (Wildman–Crippen LogP) is 3.80. The maximum Gasteiger partial charge on any atom is 0.203 e. The number of hydrogen-bond donors (Lipinski definition) is 2. The van der Waals surface area contributed by atoms with Crippen molar-refractivity contribution in [3.8, 4) is 34.4 Å². The molecule has 0 aliphatic rings. The number of H-pyrrole nitrogens is 1. The van der Waals surface area contributed by atoms with Gasteiger partial charge in [0.25, 0.3) is 0 Å². The average Bonchev–Trinajstić information content (AvgIpc) is 3.24. The average molecular weight is 407 g/mol. The Balaban J connectivity index is 1.72. The quantitative estimate of drug-likeness (QED) is 0.477. The van der Waals surface area contributed by atoms with Crippen LogP contribution in [-0.4, -0.2) is 48.4 Å². The van der Waals surface area contributed by atoms with Gasteiger partial charge in [-0.05, 0) is 24.3 Å². The van der Waals surface area contributed by atoms with E-state index in [1.807, 2.05) is 24.3 Å². The summed E-state index contributed by atoms with van der Waals surface area (Å²) < 4.78 is 21.4. The number of imidazole rings is 1. The van der Waals surface area contributed by atoms with Gasteiger partial charge in [-0.15, -0.1) is 0 Å². The molecule has 0 radical (unpaired) electrons. The number of benzene rings is 2. The van der Waals surface area contributed by atoms with Gasteiger partial charge in [0.2, 0.25) is 5.75 Å². The minimum atomic E-state index is 0.515. The van der Waals surface area contributed by atoms with E-state index in [1.54, 1.807) is 40.6 Å². The second-order valence-electron chi connectivity index (χ2n) is 6.27. The molecule has 0 aliphatic heterocycles. The highest BCUT2D eigenvalue weighted by Gasteiger charge is 2.16. The van der Waals surface area contributed by atoms with Gasteiger partial charge in [-0.25, -0.2) is 15.0 Å². The maximum atomic E-state index is 5.42. The molecule has 30 heavy (non-hydrogen) atoms. The fraction of sp³-hybridized carbons (Fsp3) is 0.190. The Hall–Kier alpha value is -4.01. The Morgan fingerprint density at radius 2 is 1.53 bits per heavy atom. The number of fused-ring (bicyclic) bond motifs is 1. The number of ether oxygens (including phenoxy) is 4. The van der Waals surface area contributed by atoms with Gasteiger partial charge in [0.15, 0.2) is 23.0 Å². The Labute approximate surface area is 173 Å². The number of nitrogens with zero attached hydrogens (tertiary/aromatic N) is 3. The van der Waals surface area contributed by atoms with Gasteiger partial charge in [-0.2, -0.15) is 0 Å². The van der Waals surface area contributed by atoms with E-state index in [0.29, 0.717) is 45.7 Å². The van der Waals surface area contributed by atoms with E-state index >= 15 is 0 Å². The van der Waals surface area contributed by atoms with Gasteiger partial charge < -0.3 is 29.2 Å². The fourth-order valence-electron chi connectivity index (χ4n) is 3.10. The zero-order valence-electron chi connectivity index (χ0n) is 17.0. The van der Waals surface area contributed by atoms with E-state index in [4.69, 9.17) is 18.9 Å². The smallest absolute Gasteiger partial charge is 0.203 e. The third kappa shape index (κ3) is 3.52. The number of rotatable bonds is 7. The molecule has 4 rings (SSSR count). The van der Waals surface area contributed by atoms with Gasteiger partial charge in [-0.3, -0.25) is 0 Å². The van der Waals surface area contributed by atoms with Crippen LogP contribution in [0.1, 0.15) is 0 Å². The molecule has 2 aromatic carbocycles. The summed E-state index contributed by atoms with van der Waals surface area (Å²) in [5, 5.41) is 3.27. The SMILES string of the molecule is COc1ccc(-c2nc3ncnc(Nc4cc(OC)c(OC)c(OC)c4)c3[nH]2)cc1. The molecule has 0 fully saturated rings. The van der Waals surface area contributed by atoms with E-state index in [9.17, 15) is 0 Å². The summed E-state index contributed by atoms with van der Waals surface area (Å²) >= 11 is 0. The van der Waals surface area contributed by atoms with Crippen molar-refractivity contribution >= 4 is 22.7 Å². The normalized spacial score (nSPS) is 10.7. The summed E-state index contributed by atoms with van der Waals surface area (Å²) in [6.07, 6.45) is 1.46. The second kappa shape index (κ2) is 8.16. The number of hydrogen-bond acceptors (Lipinski definition) is 8. The molecule has 0 bridgehead atoms. The number of aromatic amines is 1. The third-order valence-corrected chi connectivity index (χ3v) is 4.58. The second-order valence-corrected chi connectivity index (χ2v) is 6.27. The minimum absolute atomic E-state index is 0.515. The van der Waals surface area contributed by atoms with Gasteiger partial charge >= 0.3 is 0 Å². The molecule has 9 heteroatoms. The third-order valence-electron chi connectivity index (χ3n) is 4.58. The van der Waals surface area contributed by atoms with Crippen molar-refractivity contribution in [1.29, 1.82) is 0 Å². The van der Waals surface area contributed by atoms with E-state index in [-0.39, 0.29) is 0 Å². The Bertz CT molecular complexity index is 1150. The number of nitrogens with one attached hydrogen (secondary N) is 2. The van der Waals surface area contributed by atoms with Crippen molar-refractivity contribution in [3.63, 3.8) is 0 Å². The van der Waals surface area contributed by atoms with Crippen LogP contribution in [0.3, 0.4) is 0 Å². The first-order valence-electron chi connectivity index (χ1n) is 9.09. The summed E-state index contributed by atoms with van der Waals surface area (Å²) in [7, 11) is 6.33. The van der Waals surface area contributed by atoms with Gasteiger partial charge in [0.05, 0.1) is 28.4 Å². The molecule has 2 aromatic heterocycles. The Morgan fingerprint density at radius 3 is 2.13 bits per heavy atom. The van der Waals surface area contributed by atoms with Crippen LogP contribution in [0, 0.1) is 0 Å². The number of aromatic nitrogens is 4. The largest absolute Gasteiger partial charge is 0.497 e. The van der Waals surface area contributed by atoms with Gasteiger partial charge in [-0.1, -0.05) is 0 Å². The summed E-state index contributed by atoms with van der Waals surface area (Å²) in [6, 6.07) is 11.2. The molecule has 154 valence electrons. The Kier molecular flexibility index (Phi) is 5.25. The van der Waals surface area contributed by atoms with E-state index in [1.165, 1.54) is 6.33 Å². The highest BCUT2D eigenvalue weighted by atomic mass is 16.5. The monoisotopic (exact) mass is 407 g/mol. The lowest BCUT2D eigenvalue weighted by Crippen LogP contribution is -1.99. The lowest BCUT2D eigenvalue weighted by atomic mass is 10.2. The first-order valence-corrected chi connectivity index (χ1v) is 9.09. The highest BCUT2D eigenvalue weighted by Crippen LogP contribution is 2.40. The fourth-order valence-corrected chi connectivity index (χ4v) is 3.10. The van der Waals surface area contributed by atoms with E-state index in [0.717, 1.165) is 11.3 Å². The van der Waals surface area contributed by atoms with Crippen LogP contribution in [0.5, 0.6) is 23.0 Å². The number of anilines is 2. The molecule has 0 unspecified atom stereocenters. The lowest BCUT2D eigenvalue weighted by Gasteiger charge is -2.14. The molecular weight excluding hydrogens is 386 g/mol. The van der Waals surface area contributed by atoms with Crippen molar-refractivity contribution in [3.05, 3.63) is 42.7 Å². The van der Waals surface area contributed by atoms with Crippen molar-refractivity contribution in [2.75, 3.05) is 33.8 Å². The van der Waals surface area contributed by atoms with E-state index < -0.39 is 0 Å². The van der Waals surface area contributed by atoms with Crippen LogP contribution < -0.4 is 24.3 Å². The first-order chi connectivity index (χ1) is 14.7. The molecule has 0 spiro atoms. The van der Waals surface area contributed by atoms with Crippen LogP contribution in [0.15, 0.2) is 42.7 Å². The molecule has 2 heterocycles. The van der Waals surface area contributed by atoms with Gasteiger partial charge in [0.1, 0.15) is 23.4 Å². The summed E-state index contributed by atoms with van der Waals surface area (Å²) in [4.78, 5) is 16.5. The molecule has 0 atom stereocenters. The standard InChI is InChI=1S/C21H21N5O4/c1-27-14-7-5-12(6-8-14)19-25-17-20(22-11-23-21(17)26-19)24-13-9-15(28-2)18(30-4)16(10-13)29-3/h5-11H,1-4H3,(H2,22,23,24,25,26). The molecule has 0 saturated carbocycles. The lowest BCUT2D eigenvalue weighted by molar-refractivity contribution is 0.324. The molecular formula is C21H21N5O4. The molecule has 0 aliphatic carbocycles. The summed E-state index contributed by atoms with van der Waals surface area (Å²) in [5.41, 5.74) is 2.85. The van der Waals surface area contributed by atoms with Crippen molar-refractivity contribution in [1.82, 2.24) is 19.9 Å². The zero-order chi connectivity index (χ0) is 21.1. The first kappa shape index (κ1) is 19.3. The van der Waals surface area contributed by atoms with Crippen LogP contribution >= 0.6 is 0 Å². The van der Waals surface area contributed by atoms with Crippen LogP contribution in [0.25, 0.3) is 22.6 Å². The van der Waals surface area contributed by atoms with Crippen molar-refractivity contribution < 1.29 is 18.9 Å². The van der Waals surface area contributed by atoms with Crippen LogP contribution in [0.4, 0.5) is 11.5 Å². The van der Waals surface area contributed by atoms with Crippen LogP contribution in [0.2, 0.25) is 0 Å². The topological polar surface area (TPSA) is 103 Å². The maximum absolute atomic E-state index is 5.42. The molecule has 0 amide bonds. The molecule has 2 N–H and O–H groups in total. The van der Waals surface area contributed by atoms with Crippen LogP contribution in [-0.2, 0) is 0 Å². The molecule has 4 aromatic rings. The predicted molar refractivity (Wildman–Crippen MR) is 113 cm³/mol. The molecule has 0 saturated heterocycles. The zero-order valence-corrected chi connectivity index (χ0v) is 17.0. The molecule has 9 nitrogen and oxygen atoms in total. The van der Waals surface area contributed by atoms with E-state index in [2.05, 4.69) is 25.3 Å². The Morgan fingerprint density at radius 1 is 0.833 bits per heavy atom. The minimum Gasteiger partial charge on any atom is -0.497 e. The van der Waals surface area contributed by atoms with Crippen molar-refractivity contribution in [2.45, 2.75) is 0 Å². The summed E-state index contributed by atoms with van der Waals surface area (Å²) in [6.45, 7) is 0. The highest BCUT2D eigenvalue weighted by molar-refractivity contribution is 5.87. The summed E-state index contributed by atoms with van der Waals surface area (Å²) in [5.74, 6) is 3.62. The number of methoxy groups -OCH3 is 4. The van der Waals surface area contributed by atoms with Gasteiger partial charge in [0, 0.05) is 23.4 Å². The van der Waals surface area contributed by atoms with Crippen molar-refractivity contribution in [2.24, 2.45) is 0 Å².